The van der Waals surface area contributed by atoms with Gasteiger partial charge in [-0.3, -0.25) is 4.79 Å². The van der Waals surface area contributed by atoms with E-state index in [1.807, 2.05) is 30.5 Å². The van der Waals surface area contributed by atoms with Crippen LogP contribution in [0.5, 0.6) is 5.75 Å². The fourth-order valence-corrected chi connectivity index (χ4v) is 3.91. The standard InChI is InChI=1S/C21H20N2O2S/c1-14-6-8-15(9-7-14)10-18-12-22-21(26-18)23-20(24)17-11-16-4-2-3-5-19(16)25-13-17/h2-9,12,17H,10-11,13H2,1H3,(H,22,23,24)/t17-/m0/s1. The summed E-state index contributed by atoms with van der Waals surface area (Å²) in [5.41, 5.74) is 3.58. The van der Waals surface area contributed by atoms with Crippen molar-refractivity contribution in [3.63, 3.8) is 0 Å². The number of carbonyl (C=O) groups excluding carboxylic acids is 1. The van der Waals surface area contributed by atoms with E-state index in [0.29, 0.717) is 18.2 Å². The number of hydrogen-bond donors (Lipinski definition) is 1. The van der Waals surface area contributed by atoms with Crippen LogP contribution >= 0.6 is 11.3 Å². The normalized spacial score (nSPS) is 15.8. The largest absolute Gasteiger partial charge is 0.492 e. The highest BCUT2D eigenvalue weighted by molar-refractivity contribution is 7.15. The van der Waals surface area contributed by atoms with E-state index in [9.17, 15) is 4.79 Å². The Kier molecular flexibility index (Phi) is 4.71. The third-order valence-corrected chi connectivity index (χ3v) is 5.45. The molecule has 0 spiro atoms. The van der Waals surface area contributed by atoms with Gasteiger partial charge >= 0.3 is 0 Å². The number of ether oxygens (including phenoxy) is 1. The average molecular weight is 364 g/mol. The van der Waals surface area contributed by atoms with Crippen molar-refractivity contribution in [2.24, 2.45) is 5.92 Å². The first-order valence-corrected chi connectivity index (χ1v) is 9.51. The highest BCUT2D eigenvalue weighted by Gasteiger charge is 2.26. The van der Waals surface area contributed by atoms with E-state index in [2.05, 4.69) is 41.5 Å². The van der Waals surface area contributed by atoms with Crippen molar-refractivity contribution in [2.45, 2.75) is 19.8 Å². The van der Waals surface area contributed by atoms with E-state index in [-0.39, 0.29) is 11.8 Å². The van der Waals surface area contributed by atoms with Gasteiger partial charge in [0.25, 0.3) is 0 Å². The zero-order valence-corrected chi connectivity index (χ0v) is 15.4. The lowest BCUT2D eigenvalue weighted by Gasteiger charge is -2.24. The zero-order valence-electron chi connectivity index (χ0n) is 14.6. The number of fused-ring (bicyclic) bond motifs is 1. The molecule has 1 atom stereocenters. The van der Waals surface area contributed by atoms with Gasteiger partial charge in [0, 0.05) is 17.5 Å². The number of rotatable bonds is 4. The second-order valence-electron chi connectivity index (χ2n) is 6.60. The number of thiazole rings is 1. The van der Waals surface area contributed by atoms with Crippen LogP contribution in [-0.4, -0.2) is 17.5 Å². The summed E-state index contributed by atoms with van der Waals surface area (Å²) in [5, 5.41) is 3.60. The Balaban J connectivity index is 1.38. The van der Waals surface area contributed by atoms with Gasteiger partial charge in [-0.2, -0.15) is 0 Å². The summed E-state index contributed by atoms with van der Waals surface area (Å²) in [4.78, 5) is 18.0. The summed E-state index contributed by atoms with van der Waals surface area (Å²) in [6, 6.07) is 16.4. The molecule has 26 heavy (non-hydrogen) atoms. The van der Waals surface area contributed by atoms with Gasteiger partial charge in [-0.1, -0.05) is 48.0 Å². The Hall–Kier alpha value is -2.66. The maximum atomic E-state index is 12.6. The lowest BCUT2D eigenvalue weighted by atomic mass is 9.96. The second kappa shape index (κ2) is 7.30. The van der Waals surface area contributed by atoms with Gasteiger partial charge in [0.2, 0.25) is 5.91 Å². The molecular formula is C21H20N2O2S. The van der Waals surface area contributed by atoms with E-state index < -0.39 is 0 Å². The molecule has 0 aliphatic carbocycles. The topological polar surface area (TPSA) is 51.2 Å². The Labute approximate surface area is 156 Å². The second-order valence-corrected chi connectivity index (χ2v) is 7.72. The van der Waals surface area contributed by atoms with Crippen LogP contribution in [0.25, 0.3) is 0 Å². The van der Waals surface area contributed by atoms with E-state index in [1.165, 1.54) is 22.5 Å². The lowest BCUT2D eigenvalue weighted by molar-refractivity contribution is -0.121. The quantitative estimate of drug-likeness (QED) is 0.754. The van der Waals surface area contributed by atoms with E-state index in [1.54, 1.807) is 0 Å². The summed E-state index contributed by atoms with van der Waals surface area (Å²) < 4.78 is 5.71. The first-order valence-electron chi connectivity index (χ1n) is 8.69. The van der Waals surface area contributed by atoms with Crippen LogP contribution in [0.1, 0.15) is 21.6 Å². The van der Waals surface area contributed by atoms with Crippen molar-refractivity contribution >= 4 is 22.4 Å². The maximum Gasteiger partial charge on any atom is 0.233 e. The lowest BCUT2D eigenvalue weighted by Crippen LogP contribution is -2.32. The number of anilines is 1. The molecule has 0 bridgehead atoms. The van der Waals surface area contributed by atoms with Gasteiger partial charge in [-0.05, 0) is 30.5 Å². The molecule has 1 amide bonds. The molecule has 1 aromatic heterocycles. The molecule has 0 unspecified atom stereocenters. The molecule has 1 aliphatic heterocycles. The molecule has 2 heterocycles. The Morgan fingerprint density at radius 2 is 2.04 bits per heavy atom. The van der Waals surface area contributed by atoms with Crippen LogP contribution < -0.4 is 10.1 Å². The van der Waals surface area contributed by atoms with Crippen LogP contribution in [0.3, 0.4) is 0 Å². The molecule has 1 N–H and O–H groups in total. The zero-order chi connectivity index (χ0) is 17.9. The van der Waals surface area contributed by atoms with Crippen LogP contribution in [0, 0.1) is 12.8 Å². The molecule has 0 radical (unpaired) electrons. The monoisotopic (exact) mass is 364 g/mol. The number of nitrogens with one attached hydrogen (secondary N) is 1. The van der Waals surface area contributed by atoms with Crippen LogP contribution in [-0.2, 0) is 17.6 Å². The predicted octanol–water partition coefficient (Wildman–Crippen LogP) is 4.23. The van der Waals surface area contributed by atoms with Crippen molar-refractivity contribution in [2.75, 3.05) is 11.9 Å². The minimum Gasteiger partial charge on any atom is -0.492 e. The van der Waals surface area contributed by atoms with Crippen molar-refractivity contribution in [1.29, 1.82) is 0 Å². The van der Waals surface area contributed by atoms with Gasteiger partial charge in [-0.25, -0.2) is 4.98 Å². The molecule has 132 valence electrons. The fourth-order valence-electron chi connectivity index (χ4n) is 3.06. The molecule has 4 nitrogen and oxygen atoms in total. The number of nitrogens with zero attached hydrogens (tertiary/aromatic N) is 1. The molecule has 4 rings (SSSR count). The molecule has 0 fully saturated rings. The highest BCUT2D eigenvalue weighted by atomic mass is 32.1. The molecule has 0 saturated heterocycles. The summed E-state index contributed by atoms with van der Waals surface area (Å²) in [6.45, 7) is 2.49. The maximum absolute atomic E-state index is 12.6. The Morgan fingerprint density at radius 1 is 1.23 bits per heavy atom. The minimum atomic E-state index is -0.186. The number of benzene rings is 2. The van der Waals surface area contributed by atoms with Gasteiger partial charge in [0.15, 0.2) is 5.13 Å². The van der Waals surface area contributed by atoms with Gasteiger partial charge in [0.05, 0.1) is 5.92 Å². The van der Waals surface area contributed by atoms with Crippen molar-refractivity contribution in [1.82, 2.24) is 4.98 Å². The number of para-hydroxylation sites is 1. The fraction of sp³-hybridized carbons (Fsp3) is 0.238. The molecule has 1 aliphatic rings. The van der Waals surface area contributed by atoms with E-state index in [0.717, 1.165) is 22.6 Å². The summed E-state index contributed by atoms with van der Waals surface area (Å²) in [5.74, 6) is 0.663. The van der Waals surface area contributed by atoms with Crippen LogP contribution in [0.2, 0.25) is 0 Å². The van der Waals surface area contributed by atoms with Gasteiger partial charge in [0.1, 0.15) is 12.4 Å². The number of aromatic nitrogens is 1. The number of hydrogen-bond acceptors (Lipinski definition) is 4. The summed E-state index contributed by atoms with van der Waals surface area (Å²) in [6.07, 6.45) is 3.37. The smallest absolute Gasteiger partial charge is 0.233 e. The molecule has 0 saturated carbocycles. The van der Waals surface area contributed by atoms with Gasteiger partial charge < -0.3 is 10.1 Å². The number of amides is 1. The van der Waals surface area contributed by atoms with Crippen molar-refractivity contribution in [3.05, 3.63) is 76.3 Å². The van der Waals surface area contributed by atoms with Crippen molar-refractivity contribution < 1.29 is 9.53 Å². The van der Waals surface area contributed by atoms with Gasteiger partial charge in [-0.15, -0.1) is 11.3 Å². The average Bonchev–Trinajstić information content (AvgIpc) is 3.10. The summed E-state index contributed by atoms with van der Waals surface area (Å²) in [7, 11) is 0. The highest BCUT2D eigenvalue weighted by Crippen LogP contribution is 2.28. The minimum absolute atomic E-state index is 0.0317. The molecular weight excluding hydrogens is 344 g/mol. The van der Waals surface area contributed by atoms with E-state index >= 15 is 0 Å². The van der Waals surface area contributed by atoms with E-state index in [4.69, 9.17) is 4.74 Å². The number of aryl methyl sites for hydroxylation is 1. The van der Waals surface area contributed by atoms with Crippen LogP contribution in [0.4, 0.5) is 5.13 Å². The SMILES string of the molecule is Cc1ccc(Cc2cnc(NC(=O)[C@@H]3COc4ccccc4C3)s2)cc1. The van der Waals surface area contributed by atoms with Crippen LogP contribution in [0.15, 0.2) is 54.7 Å². The molecule has 3 aromatic rings. The Bertz CT molecular complexity index is 918. The first kappa shape index (κ1) is 16.8. The third kappa shape index (κ3) is 3.78. The molecule has 2 aromatic carbocycles. The Morgan fingerprint density at radius 3 is 2.88 bits per heavy atom. The summed E-state index contributed by atoms with van der Waals surface area (Å²) >= 11 is 1.53. The molecule has 5 heteroatoms. The first-order chi connectivity index (χ1) is 12.7. The van der Waals surface area contributed by atoms with Crippen molar-refractivity contribution in [3.8, 4) is 5.75 Å². The third-order valence-electron chi connectivity index (χ3n) is 4.53. The number of carbonyl (C=O) groups is 1. The predicted molar refractivity (Wildman–Crippen MR) is 104 cm³/mol.